The van der Waals surface area contributed by atoms with E-state index in [9.17, 15) is 4.39 Å². The number of hydrogen-bond donors (Lipinski definition) is 1. The van der Waals surface area contributed by atoms with E-state index in [0.29, 0.717) is 5.92 Å². The molecule has 1 fully saturated rings. The van der Waals surface area contributed by atoms with E-state index in [1.54, 1.807) is 6.07 Å². The molecule has 1 N–H and O–H groups in total. The number of rotatable bonds is 7. The predicted octanol–water partition coefficient (Wildman–Crippen LogP) is 3.81. The molecule has 1 aliphatic carbocycles. The van der Waals surface area contributed by atoms with Crippen molar-refractivity contribution < 1.29 is 4.39 Å². The second kappa shape index (κ2) is 7.07. The first kappa shape index (κ1) is 15.3. The third-order valence-electron chi connectivity index (χ3n) is 4.06. The molecule has 1 aromatic rings. The first-order valence-corrected chi connectivity index (χ1v) is 7.76. The van der Waals surface area contributed by atoms with Gasteiger partial charge in [-0.1, -0.05) is 26.3 Å². The lowest BCUT2D eigenvalue weighted by Crippen LogP contribution is -2.29. The van der Waals surface area contributed by atoms with Gasteiger partial charge in [-0.05, 0) is 48.9 Å². The van der Waals surface area contributed by atoms with Gasteiger partial charge in [-0.15, -0.1) is 0 Å². The van der Waals surface area contributed by atoms with Crippen LogP contribution in [-0.4, -0.2) is 20.1 Å². The molecule has 112 valence electrons. The average molecular weight is 278 g/mol. The van der Waals surface area contributed by atoms with Gasteiger partial charge in [-0.3, -0.25) is 0 Å². The average Bonchev–Trinajstić information content (AvgIpc) is 2.33. The van der Waals surface area contributed by atoms with E-state index >= 15 is 0 Å². The highest BCUT2D eigenvalue weighted by Gasteiger charge is 2.20. The molecule has 0 unspecified atom stereocenters. The fourth-order valence-corrected chi connectivity index (χ4v) is 2.64. The predicted molar refractivity (Wildman–Crippen MR) is 83.6 cm³/mol. The molecule has 1 aliphatic rings. The second-order valence-corrected chi connectivity index (χ2v) is 6.49. The Morgan fingerprint density at radius 2 is 2.10 bits per heavy atom. The summed E-state index contributed by atoms with van der Waals surface area (Å²) in [6.45, 7) is 7.02. The van der Waals surface area contributed by atoms with E-state index in [4.69, 9.17) is 0 Å². The summed E-state index contributed by atoms with van der Waals surface area (Å²) in [7, 11) is 1.99. The molecule has 0 heterocycles. The maximum absolute atomic E-state index is 14.2. The molecule has 1 saturated carbocycles. The van der Waals surface area contributed by atoms with Crippen molar-refractivity contribution in [3.63, 3.8) is 0 Å². The number of nitrogens with one attached hydrogen (secondary N) is 1. The molecule has 0 aliphatic heterocycles. The number of halogens is 1. The van der Waals surface area contributed by atoms with Gasteiger partial charge < -0.3 is 10.2 Å². The van der Waals surface area contributed by atoms with Gasteiger partial charge in [0.05, 0.1) is 5.69 Å². The first-order chi connectivity index (χ1) is 9.56. The van der Waals surface area contributed by atoms with Crippen LogP contribution in [0, 0.1) is 17.7 Å². The highest BCUT2D eigenvalue weighted by Crippen LogP contribution is 2.29. The molecule has 0 spiro atoms. The Hall–Kier alpha value is -1.09. The smallest absolute Gasteiger partial charge is 0.146 e. The molecule has 0 radical (unpaired) electrons. The maximum Gasteiger partial charge on any atom is 0.146 e. The molecule has 3 heteroatoms. The Kier molecular flexibility index (Phi) is 5.41. The van der Waals surface area contributed by atoms with Crippen LogP contribution in [0.3, 0.4) is 0 Å². The number of nitrogens with zero attached hydrogens (tertiary/aromatic N) is 1. The van der Waals surface area contributed by atoms with Gasteiger partial charge in [-0.25, -0.2) is 4.39 Å². The van der Waals surface area contributed by atoms with Crippen molar-refractivity contribution in [2.45, 2.75) is 39.7 Å². The minimum atomic E-state index is -0.101. The van der Waals surface area contributed by atoms with Crippen LogP contribution in [0.4, 0.5) is 10.1 Å². The van der Waals surface area contributed by atoms with Gasteiger partial charge in [0, 0.05) is 20.1 Å². The molecule has 0 saturated heterocycles. The normalized spacial score (nSPS) is 15.4. The van der Waals surface area contributed by atoms with Gasteiger partial charge in [-0.2, -0.15) is 0 Å². The van der Waals surface area contributed by atoms with Crippen LogP contribution in [0.1, 0.15) is 38.7 Å². The fourth-order valence-electron chi connectivity index (χ4n) is 2.64. The van der Waals surface area contributed by atoms with Crippen LogP contribution in [0.2, 0.25) is 0 Å². The summed E-state index contributed by atoms with van der Waals surface area (Å²) in [6.07, 6.45) is 3.92. The summed E-state index contributed by atoms with van der Waals surface area (Å²) in [5, 5.41) is 3.35. The molecule has 0 bridgehead atoms. The van der Waals surface area contributed by atoms with Crippen molar-refractivity contribution >= 4 is 5.69 Å². The van der Waals surface area contributed by atoms with Crippen LogP contribution in [0.25, 0.3) is 0 Å². The molecule has 0 atom stereocenters. The Morgan fingerprint density at radius 1 is 1.35 bits per heavy atom. The zero-order valence-corrected chi connectivity index (χ0v) is 13.0. The SMILES string of the molecule is CC(C)CNCc1ccc(N(C)CC2CCC2)c(F)c1. The number of anilines is 1. The molecular formula is C17H27FN2. The van der Waals surface area contributed by atoms with E-state index in [-0.39, 0.29) is 5.82 Å². The zero-order chi connectivity index (χ0) is 14.5. The summed E-state index contributed by atoms with van der Waals surface area (Å²) < 4.78 is 14.2. The van der Waals surface area contributed by atoms with Crippen LogP contribution in [0.5, 0.6) is 0 Å². The van der Waals surface area contributed by atoms with Gasteiger partial charge in [0.15, 0.2) is 0 Å². The Morgan fingerprint density at radius 3 is 2.65 bits per heavy atom. The van der Waals surface area contributed by atoms with Crippen LogP contribution < -0.4 is 10.2 Å². The lowest BCUT2D eigenvalue weighted by Gasteiger charge is -2.31. The third-order valence-corrected chi connectivity index (χ3v) is 4.06. The zero-order valence-electron chi connectivity index (χ0n) is 13.0. The molecule has 0 aromatic heterocycles. The van der Waals surface area contributed by atoms with E-state index in [2.05, 4.69) is 24.1 Å². The quantitative estimate of drug-likeness (QED) is 0.816. The van der Waals surface area contributed by atoms with E-state index in [1.165, 1.54) is 19.3 Å². The standard InChI is InChI=1S/C17H27FN2/c1-13(2)10-19-11-15-7-8-17(16(18)9-15)20(3)12-14-5-4-6-14/h7-9,13-14,19H,4-6,10-12H2,1-3H3. The first-order valence-electron chi connectivity index (χ1n) is 7.76. The summed E-state index contributed by atoms with van der Waals surface area (Å²) >= 11 is 0. The second-order valence-electron chi connectivity index (χ2n) is 6.49. The molecule has 0 amide bonds. The Labute approximate surface area is 122 Å². The van der Waals surface area contributed by atoms with Crippen molar-refractivity contribution in [3.8, 4) is 0 Å². The van der Waals surface area contributed by atoms with Crippen molar-refractivity contribution in [1.29, 1.82) is 0 Å². The van der Waals surface area contributed by atoms with Crippen molar-refractivity contribution in [1.82, 2.24) is 5.32 Å². The molecular weight excluding hydrogens is 251 g/mol. The number of benzene rings is 1. The highest BCUT2D eigenvalue weighted by atomic mass is 19.1. The summed E-state index contributed by atoms with van der Waals surface area (Å²) in [4.78, 5) is 2.06. The van der Waals surface area contributed by atoms with E-state index in [1.807, 2.05) is 19.2 Å². The maximum atomic E-state index is 14.2. The van der Waals surface area contributed by atoms with Gasteiger partial charge >= 0.3 is 0 Å². The highest BCUT2D eigenvalue weighted by molar-refractivity contribution is 5.48. The minimum absolute atomic E-state index is 0.101. The van der Waals surface area contributed by atoms with Crippen LogP contribution in [0.15, 0.2) is 18.2 Å². The largest absolute Gasteiger partial charge is 0.372 e. The number of hydrogen-bond acceptors (Lipinski definition) is 2. The van der Waals surface area contributed by atoms with Crippen molar-refractivity contribution in [2.75, 3.05) is 25.0 Å². The van der Waals surface area contributed by atoms with Crippen LogP contribution in [-0.2, 0) is 6.54 Å². The minimum Gasteiger partial charge on any atom is -0.372 e. The summed E-state index contributed by atoms with van der Waals surface area (Å²) in [5.41, 5.74) is 1.74. The van der Waals surface area contributed by atoms with E-state index in [0.717, 1.165) is 36.8 Å². The Balaban J connectivity index is 1.90. The van der Waals surface area contributed by atoms with Gasteiger partial charge in [0.2, 0.25) is 0 Å². The van der Waals surface area contributed by atoms with Crippen LogP contribution >= 0.6 is 0 Å². The lowest BCUT2D eigenvalue weighted by atomic mass is 9.85. The molecule has 2 rings (SSSR count). The van der Waals surface area contributed by atoms with Crippen molar-refractivity contribution in [2.24, 2.45) is 11.8 Å². The monoisotopic (exact) mass is 278 g/mol. The van der Waals surface area contributed by atoms with Gasteiger partial charge in [0.25, 0.3) is 0 Å². The lowest BCUT2D eigenvalue weighted by molar-refractivity contribution is 0.321. The van der Waals surface area contributed by atoms with E-state index < -0.39 is 0 Å². The summed E-state index contributed by atoms with van der Waals surface area (Å²) in [6, 6.07) is 5.61. The van der Waals surface area contributed by atoms with Crippen molar-refractivity contribution in [3.05, 3.63) is 29.6 Å². The topological polar surface area (TPSA) is 15.3 Å². The molecule has 20 heavy (non-hydrogen) atoms. The molecule has 1 aromatic carbocycles. The Bertz CT molecular complexity index is 427. The fraction of sp³-hybridized carbons (Fsp3) is 0.647. The third kappa shape index (κ3) is 4.20. The summed E-state index contributed by atoms with van der Waals surface area (Å²) in [5.74, 6) is 1.27. The molecule has 2 nitrogen and oxygen atoms in total. The van der Waals surface area contributed by atoms with Gasteiger partial charge in [0.1, 0.15) is 5.82 Å².